The van der Waals surface area contributed by atoms with Gasteiger partial charge in [-0.25, -0.2) is 17.2 Å². The number of aryl methyl sites for hydroxylation is 1. The molecule has 1 aromatic heterocycles. The SMILES string of the molecule is Cc1ccc(S(=O)(=O)c2cn(Cc3ccc(F)cc3)c3ccc(F)cc3c2=O)cc1. The van der Waals surface area contributed by atoms with Crippen molar-refractivity contribution in [1.29, 1.82) is 0 Å². The normalized spacial score (nSPS) is 11.7. The highest BCUT2D eigenvalue weighted by atomic mass is 32.2. The number of hydrogen-bond donors (Lipinski definition) is 0. The minimum atomic E-state index is -4.13. The summed E-state index contributed by atoms with van der Waals surface area (Å²) in [4.78, 5) is 12.6. The van der Waals surface area contributed by atoms with Crippen LogP contribution < -0.4 is 5.43 Å². The minimum absolute atomic E-state index is 0.0192. The third kappa shape index (κ3) is 3.64. The zero-order valence-electron chi connectivity index (χ0n) is 16.0. The maximum atomic E-state index is 13.9. The number of fused-ring (bicyclic) bond motifs is 1. The van der Waals surface area contributed by atoms with Gasteiger partial charge in [-0.05, 0) is 55.0 Å². The van der Waals surface area contributed by atoms with E-state index in [0.717, 1.165) is 11.6 Å². The van der Waals surface area contributed by atoms with Gasteiger partial charge in [0.05, 0.1) is 10.4 Å². The summed E-state index contributed by atoms with van der Waals surface area (Å²) in [5, 5.41) is -0.0368. The third-order valence-corrected chi connectivity index (χ3v) is 6.66. The van der Waals surface area contributed by atoms with Gasteiger partial charge in [0.15, 0.2) is 0 Å². The standard InChI is InChI=1S/C23H17F2NO3S/c1-15-2-9-19(10-3-15)30(28,29)22-14-26(13-16-4-6-17(24)7-5-16)21-11-8-18(25)12-20(21)23(22)27/h2-12,14H,13H2,1H3. The molecule has 0 aliphatic carbocycles. The molecule has 1 heterocycles. The van der Waals surface area contributed by atoms with Crippen molar-refractivity contribution in [1.82, 2.24) is 4.57 Å². The molecule has 0 spiro atoms. The van der Waals surface area contributed by atoms with E-state index in [1.54, 1.807) is 28.8 Å². The Labute approximate surface area is 172 Å². The van der Waals surface area contributed by atoms with Crippen molar-refractivity contribution in [3.63, 3.8) is 0 Å². The van der Waals surface area contributed by atoms with Crippen LogP contribution in [0, 0.1) is 18.6 Å². The average Bonchev–Trinajstić information content (AvgIpc) is 2.72. The van der Waals surface area contributed by atoms with Gasteiger partial charge in [-0.15, -0.1) is 0 Å². The summed E-state index contributed by atoms with van der Waals surface area (Å²) < 4.78 is 55.1. The Bertz CT molecular complexity index is 1410. The van der Waals surface area contributed by atoms with Crippen LogP contribution in [0.4, 0.5) is 8.78 Å². The van der Waals surface area contributed by atoms with Gasteiger partial charge in [-0.3, -0.25) is 4.79 Å². The maximum Gasteiger partial charge on any atom is 0.211 e. The zero-order valence-corrected chi connectivity index (χ0v) is 16.8. The van der Waals surface area contributed by atoms with E-state index in [4.69, 9.17) is 0 Å². The van der Waals surface area contributed by atoms with Crippen LogP contribution in [0.1, 0.15) is 11.1 Å². The second-order valence-corrected chi connectivity index (χ2v) is 8.97. The van der Waals surface area contributed by atoms with Crippen LogP contribution in [-0.2, 0) is 16.4 Å². The van der Waals surface area contributed by atoms with Crippen LogP contribution in [0.15, 0.2) is 87.5 Å². The van der Waals surface area contributed by atoms with Gasteiger partial charge in [0.25, 0.3) is 0 Å². The molecule has 4 rings (SSSR count). The molecule has 0 N–H and O–H groups in total. The van der Waals surface area contributed by atoms with E-state index in [1.165, 1.54) is 42.6 Å². The van der Waals surface area contributed by atoms with Gasteiger partial charge in [0, 0.05) is 18.1 Å². The van der Waals surface area contributed by atoms with Crippen LogP contribution >= 0.6 is 0 Å². The molecule has 4 aromatic rings. The average molecular weight is 425 g/mol. The molecule has 0 bridgehead atoms. The predicted molar refractivity (Wildman–Crippen MR) is 110 cm³/mol. The van der Waals surface area contributed by atoms with E-state index in [9.17, 15) is 22.0 Å². The highest BCUT2D eigenvalue weighted by molar-refractivity contribution is 7.91. The summed E-state index contributed by atoms with van der Waals surface area (Å²) in [7, 11) is -4.13. The summed E-state index contributed by atoms with van der Waals surface area (Å²) in [6, 6.07) is 15.5. The van der Waals surface area contributed by atoms with Crippen molar-refractivity contribution in [2.24, 2.45) is 0 Å². The van der Waals surface area contributed by atoms with E-state index < -0.39 is 31.8 Å². The summed E-state index contributed by atoms with van der Waals surface area (Å²) >= 11 is 0. The lowest BCUT2D eigenvalue weighted by Crippen LogP contribution is -2.20. The summed E-state index contributed by atoms with van der Waals surface area (Å²) in [6.07, 6.45) is 1.26. The van der Waals surface area contributed by atoms with Gasteiger partial charge < -0.3 is 4.57 Å². The Kier molecular flexibility index (Phi) is 4.99. The van der Waals surface area contributed by atoms with Crippen molar-refractivity contribution in [2.45, 2.75) is 23.3 Å². The molecule has 0 saturated carbocycles. The van der Waals surface area contributed by atoms with Crippen LogP contribution in [-0.4, -0.2) is 13.0 Å². The Hall–Kier alpha value is -3.32. The molecule has 30 heavy (non-hydrogen) atoms. The monoisotopic (exact) mass is 425 g/mol. The van der Waals surface area contributed by atoms with Crippen molar-refractivity contribution >= 4 is 20.7 Å². The van der Waals surface area contributed by atoms with Gasteiger partial charge in [-0.1, -0.05) is 29.8 Å². The minimum Gasteiger partial charge on any atom is -0.341 e. The Balaban J connectivity index is 1.96. The second kappa shape index (κ2) is 7.50. The summed E-state index contributed by atoms with van der Waals surface area (Å²) in [5.41, 5.74) is 1.20. The van der Waals surface area contributed by atoms with Crippen molar-refractivity contribution in [3.05, 3.63) is 106 Å². The molecule has 0 radical (unpaired) electrons. The molecule has 0 amide bonds. The largest absolute Gasteiger partial charge is 0.341 e. The van der Waals surface area contributed by atoms with Crippen LogP contribution in [0.25, 0.3) is 10.9 Å². The number of pyridine rings is 1. The number of benzene rings is 3. The predicted octanol–water partition coefficient (Wildman–Crippen LogP) is 4.47. The number of halogens is 2. The topological polar surface area (TPSA) is 56.1 Å². The highest BCUT2D eigenvalue weighted by Crippen LogP contribution is 2.23. The molecule has 3 aromatic carbocycles. The van der Waals surface area contributed by atoms with Crippen LogP contribution in [0.2, 0.25) is 0 Å². The number of rotatable bonds is 4. The summed E-state index contributed by atoms with van der Waals surface area (Å²) in [6.45, 7) is 2.00. The number of hydrogen-bond acceptors (Lipinski definition) is 3. The fraction of sp³-hybridized carbons (Fsp3) is 0.0870. The quantitative estimate of drug-likeness (QED) is 0.485. The van der Waals surface area contributed by atoms with Crippen molar-refractivity contribution in [3.8, 4) is 0 Å². The number of aromatic nitrogens is 1. The molecule has 152 valence electrons. The fourth-order valence-corrected chi connectivity index (χ4v) is 4.66. The van der Waals surface area contributed by atoms with Crippen LogP contribution in [0.5, 0.6) is 0 Å². The lowest BCUT2D eigenvalue weighted by Gasteiger charge is -2.14. The molecule has 0 aliphatic rings. The van der Waals surface area contributed by atoms with Crippen LogP contribution in [0.3, 0.4) is 0 Å². The van der Waals surface area contributed by atoms with Gasteiger partial charge in [0.2, 0.25) is 15.3 Å². The van der Waals surface area contributed by atoms with E-state index >= 15 is 0 Å². The van der Waals surface area contributed by atoms with Gasteiger partial charge in [0.1, 0.15) is 16.5 Å². The van der Waals surface area contributed by atoms with E-state index in [-0.39, 0.29) is 16.8 Å². The molecule has 0 aliphatic heterocycles. The molecular formula is C23H17F2NO3S. The van der Waals surface area contributed by atoms with Crippen molar-refractivity contribution in [2.75, 3.05) is 0 Å². The fourth-order valence-electron chi connectivity index (χ4n) is 3.30. The molecule has 4 nitrogen and oxygen atoms in total. The zero-order chi connectivity index (χ0) is 21.5. The van der Waals surface area contributed by atoms with E-state index in [2.05, 4.69) is 0 Å². The Morgan fingerprint density at radius 1 is 0.867 bits per heavy atom. The molecule has 0 unspecified atom stereocenters. The smallest absolute Gasteiger partial charge is 0.211 e. The Morgan fingerprint density at radius 2 is 1.50 bits per heavy atom. The molecule has 0 atom stereocenters. The lowest BCUT2D eigenvalue weighted by atomic mass is 10.1. The molecular weight excluding hydrogens is 408 g/mol. The molecule has 0 saturated heterocycles. The number of nitrogens with zero attached hydrogens (tertiary/aromatic N) is 1. The first-order valence-corrected chi connectivity index (χ1v) is 10.6. The lowest BCUT2D eigenvalue weighted by molar-refractivity contribution is 0.593. The first-order valence-electron chi connectivity index (χ1n) is 9.14. The summed E-state index contributed by atoms with van der Waals surface area (Å²) in [5.74, 6) is -1.04. The van der Waals surface area contributed by atoms with E-state index in [1.807, 2.05) is 6.92 Å². The second-order valence-electron chi connectivity index (χ2n) is 7.05. The van der Waals surface area contributed by atoms with E-state index in [0.29, 0.717) is 11.1 Å². The first kappa shape index (κ1) is 20.0. The first-order chi connectivity index (χ1) is 14.3. The van der Waals surface area contributed by atoms with Crippen molar-refractivity contribution < 1.29 is 17.2 Å². The van der Waals surface area contributed by atoms with Gasteiger partial charge >= 0.3 is 0 Å². The molecule has 0 fully saturated rings. The Morgan fingerprint density at radius 3 is 2.17 bits per heavy atom. The molecule has 7 heteroatoms. The third-order valence-electron chi connectivity index (χ3n) is 4.90. The van der Waals surface area contributed by atoms with Gasteiger partial charge in [-0.2, -0.15) is 0 Å². The number of sulfone groups is 1. The highest BCUT2D eigenvalue weighted by Gasteiger charge is 2.24. The maximum absolute atomic E-state index is 13.9.